The van der Waals surface area contributed by atoms with Gasteiger partial charge in [-0.3, -0.25) is 9.59 Å². The minimum atomic E-state index is -0.661. The van der Waals surface area contributed by atoms with Crippen LogP contribution in [0.4, 0.5) is 4.39 Å². The van der Waals surface area contributed by atoms with Crippen molar-refractivity contribution in [3.8, 4) is 0 Å². The molecule has 0 saturated carbocycles. The van der Waals surface area contributed by atoms with Gasteiger partial charge in [-0.2, -0.15) is 0 Å². The van der Waals surface area contributed by atoms with Crippen molar-refractivity contribution in [3.05, 3.63) is 35.6 Å². The van der Waals surface area contributed by atoms with Gasteiger partial charge in [0.25, 0.3) is 0 Å². The van der Waals surface area contributed by atoms with Gasteiger partial charge in [-0.05, 0) is 17.7 Å². The fourth-order valence-corrected chi connectivity index (χ4v) is 1.13. The number of nitrogens with two attached hydrogens (primary N) is 1. The molecule has 1 rings (SSSR count). The zero-order valence-corrected chi connectivity index (χ0v) is 7.50. The summed E-state index contributed by atoms with van der Waals surface area (Å²) in [5, 5.41) is 0. The molecule has 14 heavy (non-hydrogen) atoms. The summed E-state index contributed by atoms with van der Waals surface area (Å²) < 4.78 is 12.7. The lowest BCUT2D eigenvalue weighted by Crippen LogP contribution is -2.17. The number of benzene rings is 1. The Labute approximate surface area is 80.7 Å². The van der Waals surface area contributed by atoms with Gasteiger partial charge in [-0.25, -0.2) is 4.39 Å². The van der Waals surface area contributed by atoms with Crippen LogP contribution >= 0.6 is 0 Å². The van der Waals surface area contributed by atoms with E-state index < -0.39 is 11.7 Å². The van der Waals surface area contributed by atoms with Gasteiger partial charge in [0.2, 0.25) is 5.91 Å². The van der Waals surface area contributed by atoms with Crippen molar-refractivity contribution >= 4 is 11.7 Å². The Morgan fingerprint density at radius 2 is 2.07 bits per heavy atom. The predicted molar refractivity (Wildman–Crippen MR) is 48.9 cm³/mol. The van der Waals surface area contributed by atoms with Crippen LogP contribution in [0.2, 0.25) is 0 Å². The third-order valence-corrected chi connectivity index (χ3v) is 1.66. The van der Waals surface area contributed by atoms with Gasteiger partial charge in [0, 0.05) is 6.42 Å². The maximum atomic E-state index is 12.7. The summed E-state index contributed by atoms with van der Waals surface area (Å²) in [4.78, 5) is 21.5. The van der Waals surface area contributed by atoms with Gasteiger partial charge < -0.3 is 5.73 Å². The lowest BCUT2D eigenvalue weighted by molar-refractivity contribution is -0.126. The normalized spacial score (nSPS) is 9.79. The van der Waals surface area contributed by atoms with E-state index in [0.29, 0.717) is 5.56 Å². The minimum Gasteiger partial charge on any atom is -0.369 e. The first kappa shape index (κ1) is 10.4. The number of carbonyl (C=O) groups is 2. The average molecular weight is 195 g/mol. The number of carbonyl (C=O) groups excluding carboxylic acids is 2. The molecule has 0 aliphatic heterocycles. The molecule has 0 atom stereocenters. The molecule has 0 aliphatic carbocycles. The second-order valence-electron chi connectivity index (χ2n) is 2.99. The van der Waals surface area contributed by atoms with Crippen LogP contribution in [0.1, 0.15) is 12.0 Å². The molecule has 1 aromatic rings. The molecule has 0 aromatic heterocycles. The molecular formula is C10H10FNO2. The van der Waals surface area contributed by atoms with Crippen molar-refractivity contribution in [1.82, 2.24) is 0 Å². The van der Waals surface area contributed by atoms with Crippen molar-refractivity contribution in [2.45, 2.75) is 12.8 Å². The lowest BCUT2D eigenvalue weighted by atomic mass is 10.1. The minimum absolute atomic E-state index is 0.0424. The lowest BCUT2D eigenvalue weighted by Gasteiger charge is -1.98. The summed E-state index contributed by atoms with van der Waals surface area (Å²) in [6.45, 7) is 0. The van der Waals surface area contributed by atoms with Crippen LogP contribution in [-0.4, -0.2) is 11.7 Å². The molecule has 0 saturated heterocycles. The first-order valence-electron chi connectivity index (χ1n) is 4.12. The van der Waals surface area contributed by atoms with Crippen LogP contribution in [0.25, 0.3) is 0 Å². The Bertz CT molecular complexity index is 363. The van der Waals surface area contributed by atoms with E-state index in [4.69, 9.17) is 5.73 Å². The number of rotatable bonds is 4. The molecule has 74 valence electrons. The molecule has 0 bridgehead atoms. The largest absolute Gasteiger partial charge is 0.369 e. The molecule has 4 heteroatoms. The number of hydrogen-bond donors (Lipinski definition) is 1. The van der Waals surface area contributed by atoms with Gasteiger partial charge in [0.1, 0.15) is 11.6 Å². The monoisotopic (exact) mass is 195 g/mol. The Balaban J connectivity index is 2.60. The van der Waals surface area contributed by atoms with Crippen LogP contribution < -0.4 is 5.73 Å². The van der Waals surface area contributed by atoms with Gasteiger partial charge in [0.15, 0.2) is 0 Å². The summed E-state index contributed by atoms with van der Waals surface area (Å²) in [5.41, 5.74) is 5.40. The molecule has 0 fully saturated rings. The fraction of sp³-hybridized carbons (Fsp3) is 0.200. The van der Waals surface area contributed by atoms with Crippen LogP contribution in [-0.2, 0) is 16.0 Å². The maximum Gasteiger partial charge on any atom is 0.224 e. The van der Waals surface area contributed by atoms with Crippen molar-refractivity contribution in [2.75, 3.05) is 0 Å². The highest BCUT2D eigenvalue weighted by molar-refractivity contribution is 5.98. The smallest absolute Gasteiger partial charge is 0.224 e. The average Bonchev–Trinajstić information content (AvgIpc) is 2.01. The predicted octanol–water partition coefficient (Wildman–Crippen LogP) is 0.813. The number of hydrogen-bond acceptors (Lipinski definition) is 2. The summed E-state index contributed by atoms with van der Waals surface area (Å²) in [7, 11) is 0. The molecule has 2 N–H and O–H groups in total. The second-order valence-corrected chi connectivity index (χ2v) is 2.99. The molecule has 0 radical (unpaired) electrons. The van der Waals surface area contributed by atoms with Crippen LogP contribution in [0.3, 0.4) is 0 Å². The standard InChI is InChI=1S/C10H10FNO2/c11-8-3-1-2-7(4-8)5-9(13)6-10(12)14/h1-4H,5-6H2,(H2,12,14). The Morgan fingerprint density at radius 1 is 1.36 bits per heavy atom. The second kappa shape index (κ2) is 4.50. The van der Waals surface area contributed by atoms with Crippen molar-refractivity contribution in [3.63, 3.8) is 0 Å². The van der Waals surface area contributed by atoms with E-state index in [-0.39, 0.29) is 18.6 Å². The van der Waals surface area contributed by atoms with E-state index in [1.807, 2.05) is 0 Å². The van der Waals surface area contributed by atoms with Crippen molar-refractivity contribution in [2.24, 2.45) is 5.73 Å². The number of ketones is 1. The first-order valence-corrected chi connectivity index (χ1v) is 4.12. The van der Waals surface area contributed by atoms with Crippen LogP contribution in [0.15, 0.2) is 24.3 Å². The molecule has 1 aromatic carbocycles. The summed E-state index contributed by atoms with van der Waals surface area (Å²) in [6.07, 6.45) is -0.253. The highest BCUT2D eigenvalue weighted by Gasteiger charge is 2.07. The van der Waals surface area contributed by atoms with E-state index >= 15 is 0 Å². The van der Waals surface area contributed by atoms with E-state index in [1.165, 1.54) is 18.2 Å². The van der Waals surface area contributed by atoms with E-state index in [1.54, 1.807) is 6.07 Å². The molecule has 0 spiro atoms. The van der Waals surface area contributed by atoms with E-state index in [2.05, 4.69) is 0 Å². The summed E-state index contributed by atoms with van der Waals surface area (Å²) in [6, 6.07) is 5.70. The number of primary amides is 1. The van der Waals surface area contributed by atoms with Gasteiger partial charge in [-0.1, -0.05) is 12.1 Å². The Hall–Kier alpha value is -1.71. The van der Waals surface area contributed by atoms with Gasteiger partial charge in [-0.15, -0.1) is 0 Å². The Morgan fingerprint density at radius 3 is 2.64 bits per heavy atom. The quantitative estimate of drug-likeness (QED) is 0.723. The molecular weight excluding hydrogens is 185 g/mol. The summed E-state index contributed by atoms with van der Waals surface area (Å²) in [5.74, 6) is -1.36. The molecule has 0 aliphatic rings. The zero-order valence-electron chi connectivity index (χ0n) is 7.50. The number of amides is 1. The van der Waals surface area contributed by atoms with Crippen molar-refractivity contribution < 1.29 is 14.0 Å². The topological polar surface area (TPSA) is 60.2 Å². The van der Waals surface area contributed by atoms with Crippen molar-refractivity contribution in [1.29, 1.82) is 0 Å². The first-order chi connectivity index (χ1) is 6.58. The fourth-order valence-electron chi connectivity index (χ4n) is 1.13. The number of halogens is 1. The SMILES string of the molecule is NC(=O)CC(=O)Cc1cccc(F)c1. The molecule has 3 nitrogen and oxygen atoms in total. The third-order valence-electron chi connectivity index (χ3n) is 1.66. The van der Waals surface area contributed by atoms with Gasteiger partial charge >= 0.3 is 0 Å². The summed E-state index contributed by atoms with van der Waals surface area (Å²) >= 11 is 0. The third kappa shape index (κ3) is 3.35. The highest BCUT2D eigenvalue weighted by atomic mass is 19.1. The van der Waals surface area contributed by atoms with Crippen LogP contribution in [0.5, 0.6) is 0 Å². The zero-order chi connectivity index (χ0) is 10.6. The van der Waals surface area contributed by atoms with E-state index in [0.717, 1.165) is 0 Å². The molecule has 0 heterocycles. The van der Waals surface area contributed by atoms with Gasteiger partial charge in [0.05, 0.1) is 6.42 Å². The molecule has 1 amide bonds. The highest BCUT2D eigenvalue weighted by Crippen LogP contribution is 2.05. The number of Topliss-reactive ketones (excluding diaryl/α,β-unsaturated/α-hetero) is 1. The Kier molecular flexibility index (Phi) is 3.34. The maximum absolute atomic E-state index is 12.7. The molecule has 0 unspecified atom stereocenters. The van der Waals surface area contributed by atoms with Crippen LogP contribution in [0, 0.1) is 5.82 Å². The van der Waals surface area contributed by atoms with E-state index in [9.17, 15) is 14.0 Å².